The fourth-order valence-corrected chi connectivity index (χ4v) is 4.99. The lowest BCUT2D eigenvalue weighted by molar-refractivity contribution is -0.136. The van der Waals surface area contributed by atoms with Gasteiger partial charge in [0.2, 0.25) is 11.8 Å². The van der Waals surface area contributed by atoms with E-state index in [1.54, 1.807) is 24.4 Å². The van der Waals surface area contributed by atoms with Crippen LogP contribution in [0, 0.1) is 0 Å². The summed E-state index contributed by atoms with van der Waals surface area (Å²) in [6, 6.07) is 20.3. The van der Waals surface area contributed by atoms with Crippen LogP contribution in [0.1, 0.15) is 44.7 Å². The fraction of sp³-hybridized carbons (Fsp3) is 0.143. The predicted octanol–water partition coefficient (Wildman–Crippen LogP) is 3.83. The number of nitrogens with one attached hydrogen (secondary N) is 2. The summed E-state index contributed by atoms with van der Waals surface area (Å²) in [6.07, 6.45) is 2.22. The third-order valence-electron chi connectivity index (χ3n) is 6.82. The van der Waals surface area contributed by atoms with Crippen molar-refractivity contribution in [2.24, 2.45) is 0 Å². The number of benzene rings is 3. The average Bonchev–Trinajstić information content (AvgIpc) is 3.44. The number of imide groups is 1. The van der Waals surface area contributed by atoms with E-state index in [2.05, 4.69) is 10.3 Å². The number of fused-ring (bicyclic) bond motifs is 2. The predicted molar refractivity (Wildman–Crippen MR) is 130 cm³/mol. The minimum atomic E-state index is -0.684. The maximum atomic E-state index is 13.5. The fourth-order valence-electron chi connectivity index (χ4n) is 4.99. The minimum Gasteiger partial charge on any atom is -0.360 e. The normalized spacial score (nSPS) is 17.5. The van der Waals surface area contributed by atoms with Crippen molar-refractivity contribution in [1.29, 1.82) is 0 Å². The molecule has 1 saturated heterocycles. The number of carbonyl (C=O) groups is 4. The molecule has 1 unspecified atom stereocenters. The van der Waals surface area contributed by atoms with Crippen molar-refractivity contribution >= 4 is 34.4 Å². The van der Waals surface area contributed by atoms with Crippen LogP contribution in [0.3, 0.4) is 0 Å². The number of aromatic amines is 1. The van der Waals surface area contributed by atoms with Gasteiger partial charge in [-0.25, -0.2) is 0 Å². The Balaban J connectivity index is 1.31. The van der Waals surface area contributed by atoms with Gasteiger partial charge in [0.1, 0.15) is 6.04 Å². The quantitative estimate of drug-likeness (QED) is 0.355. The van der Waals surface area contributed by atoms with E-state index in [4.69, 9.17) is 0 Å². The largest absolute Gasteiger partial charge is 0.360 e. The van der Waals surface area contributed by atoms with Gasteiger partial charge < -0.3 is 9.88 Å². The monoisotopic (exact) mass is 463 g/mol. The molecule has 4 aromatic rings. The van der Waals surface area contributed by atoms with Crippen LogP contribution in [0.25, 0.3) is 22.0 Å². The Hall–Kier alpha value is -4.52. The first kappa shape index (κ1) is 21.0. The van der Waals surface area contributed by atoms with Crippen LogP contribution >= 0.6 is 0 Å². The number of amides is 3. The molecule has 1 atom stereocenters. The molecule has 3 heterocycles. The number of piperidine rings is 1. The van der Waals surface area contributed by atoms with E-state index >= 15 is 0 Å². The molecule has 7 heteroatoms. The molecule has 0 bridgehead atoms. The molecule has 7 nitrogen and oxygen atoms in total. The van der Waals surface area contributed by atoms with Gasteiger partial charge in [0.15, 0.2) is 5.78 Å². The van der Waals surface area contributed by atoms with Crippen molar-refractivity contribution < 1.29 is 19.2 Å². The standard InChI is InChI=1S/C28H21N3O4/c32-25-11-10-24(27(34)30-25)31-15-19-12-18(6-8-20(19)28(31)35)26(33)22-14-29-23-9-7-17(13-21(22)23)16-4-2-1-3-5-16/h1-9,12-14,24,29H,10-11,15H2,(H,30,32,34). The van der Waals surface area contributed by atoms with Gasteiger partial charge in [0.05, 0.1) is 0 Å². The van der Waals surface area contributed by atoms with Crippen LogP contribution in [0.5, 0.6) is 0 Å². The van der Waals surface area contributed by atoms with Crippen LogP contribution in [0.15, 0.2) is 72.9 Å². The number of aromatic nitrogens is 1. The van der Waals surface area contributed by atoms with Crippen molar-refractivity contribution in [3.05, 3.63) is 95.2 Å². The minimum absolute atomic E-state index is 0.142. The van der Waals surface area contributed by atoms with E-state index in [9.17, 15) is 19.2 Å². The summed E-state index contributed by atoms with van der Waals surface area (Å²) in [5.74, 6) is -1.17. The van der Waals surface area contributed by atoms with Gasteiger partial charge in [0.25, 0.3) is 5.91 Å². The Morgan fingerprint density at radius 3 is 2.54 bits per heavy atom. The molecule has 2 aliphatic rings. The molecule has 2 N–H and O–H groups in total. The summed E-state index contributed by atoms with van der Waals surface area (Å²) in [7, 11) is 0. The summed E-state index contributed by atoms with van der Waals surface area (Å²) in [6.45, 7) is 0.230. The average molecular weight is 463 g/mol. The van der Waals surface area contributed by atoms with Gasteiger partial charge in [-0.3, -0.25) is 24.5 Å². The lowest BCUT2D eigenvalue weighted by Crippen LogP contribution is -2.52. The third-order valence-corrected chi connectivity index (χ3v) is 6.82. The van der Waals surface area contributed by atoms with Gasteiger partial charge in [-0.2, -0.15) is 0 Å². The summed E-state index contributed by atoms with van der Waals surface area (Å²) in [5, 5.41) is 3.14. The molecule has 0 aliphatic carbocycles. The Morgan fingerprint density at radius 1 is 0.914 bits per heavy atom. The number of carbonyl (C=O) groups excluding carboxylic acids is 4. The van der Waals surface area contributed by atoms with Gasteiger partial charge in [-0.15, -0.1) is 0 Å². The molecular weight excluding hydrogens is 442 g/mol. The summed E-state index contributed by atoms with van der Waals surface area (Å²) in [5.41, 5.74) is 5.18. The van der Waals surface area contributed by atoms with E-state index < -0.39 is 11.9 Å². The van der Waals surface area contributed by atoms with Gasteiger partial charge in [0, 0.05) is 46.8 Å². The first-order valence-electron chi connectivity index (χ1n) is 11.5. The van der Waals surface area contributed by atoms with E-state index in [1.807, 2.05) is 48.5 Å². The Morgan fingerprint density at radius 2 is 1.74 bits per heavy atom. The number of rotatable bonds is 4. The van der Waals surface area contributed by atoms with Crippen LogP contribution in [-0.2, 0) is 16.1 Å². The zero-order chi connectivity index (χ0) is 24.1. The number of ketones is 1. The van der Waals surface area contributed by atoms with Crippen LogP contribution in [0.2, 0.25) is 0 Å². The Kier molecular flexibility index (Phi) is 4.84. The highest BCUT2D eigenvalue weighted by Gasteiger charge is 2.39. The van der Waals surface area contributed by atoms with E-state index in [1.165, 1.54) is 4.90 Å². The molecule has 2 aliphatic heterocycles. The van der Waals surface area contributed by atoms with Crippen molar-refractivity contribution in [3.8, 4) is 11.1 Å². The number of hydrogen-bond acceptors (Lipinski definition) is 4. The maximum absolute atomic E-state index is 13.5. The molecule has 1 fully saturated rings. The van der Waals surface area contributed by atoms with Crippen molar-refractivity contribution in [3.63, 3.8) is 0 Å². The van der Waals surface area contributed by atoms with E-state index in [0.29, 0.717) is 28.7 Å². The molecule has 1 aromatic heterocycles. The SMILES string of the molecule is O=C1CCC(N2Cc3cc(C(=O)c4c[nH]c5ccc(-c6ccccc6)cc45)ccc3C2=O)C(=O)N1. The molecular formula is C28H21N3O4. The van der Waals surface area contributed by atoms with Crippen LogP contribution in [-0.4, -0.2) is 39.4 Å². The second-order valence-corrected chi connectivity index (χ2v) is 8.93. The van der Waals surface area contributed by atoms with Gasteiger partial charge >= 0.3 is 0 Å². The molecule has 0 saturated carbocycles. The number of H-pyrrole nitrogens is 1. The lowest BCUT2D eigenvalue weighted by atomic mass is 9.97. The second-order valence-electron chi connectivity index (χ2n) is 8.93. The molecule has 0 radical (unpaired) electrons. The Labute approximate surface area is 200 Å². The highest BCUT2D eigenvalue weighted by molar-refractivity contribution is 6.17. The van der Waals surface area contributed by atoms with Crippen molar-refractivity contribution in [2.45, 2.75) is 25.4 Å². The topological polar surface area (TPSA) is 99.3 Å². The summed E-state index contributed by atoms with van der Waals surface area (Å²) < 4.78 is 0. The third kappa shape index (κ3) is 3.52. The molecule has 172 valence electrons. The first-order chi connectivity index (χ1) is 17.0. The number of nitrogens with zero attached hydrogens (tertiary/aromatic N) is 1. The van der Waals surface area contributed by atoms with Gasteiger partial charge in [-0.1, -0.05) is 42.5 Å². The highest BCUT2D eigenvalue weighted by atomic mass is 16.2. The Bertz CT molecular complexity index is 1540. The smallest absolute Gasteiger partial charge is 0.255 e. The molecule has 35 heavy (non-hydrogen) atoms. The molecule has 3 amide bonds. The lowest BCUT2D eigenvalue weighted by Gasteiger charge is -2.29. The van der Waals surface area contributed by atoms with E-state index in [-0.39, 0.29) is 30.6 Å². The molecule has 0 spiro atoms. The highest BCUT2D eigenvalue weighted by Crippen LogP contribution is 2.31. The zero-order valence-corrected chi connectivity index (χ0v) is 18.7. The zero-order valence-electron chi connectivity index (χ0n) is 18.7. The van der Waals surface area contributed by atoms with Crippen molar-refractivity contribution in [2.75, 3.05) is 0 Å². The first-order valence-corrected chi connectivity index (χ1v) is 11.5. The summed E-state index contributed by atoms with van der Waals surface area (Å²) in [4.78, 5) is 54.9. The number of hydrogen-bond donors (Lipinski definition) is 2. The van der Waals surface area contributed by atoms with Crippen LogP contribution in [0.4, 0.5) is 0 Å². The molecule has 6 rings (SSSR count). The van der Waals surface area contributed by atoms with Crippen LogP contribution < -0.4 is 5.32 Å². The van der Waals surface area contributed by atoms with Gasteiger partial charge in [-0.05, 0) is 47.4 Å². The second kappa shape index (κ2) is 8.06. The van der Waals surface area contributed by atoms with Crippen molar-refractivity contribution in [1.82, 2.24) is 15.2 Å². The van der Waals surface area contributed by atoms with E-state index in [0.717, 1.165) is 22.0 Å². The molecule has 3 aromatic carbocycles. The summed E-state index contributed by atoms with van der Waals surface area (Å²) >= 11 is 0. The maximum Gasteiger partial charge on any atom is 0.255 e.